The van der Waals surface area contributed by atoms with E-state index >= 15 is 0 Å². The molecule has 1 aromatic carbocycles. The monoisotopic (exact) mass is 226 g/mol. The Hall–Kier alpha value is -2.24. The Kier molecular flexibility index (Phi) is 3.71. The minimum Gasteiger partial charge on any atom is -0.493 e. The predicted molar refractivity (Wildman–Crippen MR) is 52.7 cm³/mol. The van der Waals surface area contributed by atoms with Gasteiger partial charge in [-0.15, -0.1) is 0 Å². The molecule has 2 N–H and O–H groups in total. The van der Waals surface area contributed by atoms with E-state index in [-0.39, 0.29) is 11.5 Å². The summed E-state index contributed by atoms with van der Waals surface area (Å²) in [4.78, 5) is 21.2. The summed E-state index contributed by atoms with van der Waals surface area (Å²) in [6, 6.07) is 6.20. The van der Waals surface area contributed by atoms with Crippen molar-refractivity contribution >= 4 is 11.9 Å². The minimum absolute atomic E-state index is 0.0693. The number of aliphatic carboxylic acids is 2. The largest absolute Gasteiger partial charge is 0.493 e. The van der Waals surface area contributed by atoms with E-state index in [1.54, 1.807) is 12.1 Å². The first kappa shape index (κ1) is 11.8. The fourth-order valence-electron chi connectivity index (χ4n) is 1.05. The van der Waals surface area contributed by atoms with Crippen molar-refractivity contribution in [3.05, 3.63) is 24.3 Å². The molecular weight excluding hydrogens is 216 g/mol. The van der Waals surface area contributed by atoms with E-state index < -0.39 is 18.0 Å². The van der Waals surface area contributed by atoms with E-state index in [9.17, 15) is 9.59 Å². The van der Waals surface area contributed by atoms with Gasteiger partial charge in [-0.1, -0.05) is 12.1 Å². The van der Waals surface area contributed by atoms with Crippen LogP contribution in [0.3, 0.4) is 0 Å². The quantitative estimate of drug-likeness (QED) is 0.714. The van der Waals surface area contributed by atoms with E-state index in [0.717, 1.165) is 0 Å². The van der Waals surface area contributed by atoms with Crippen LogP contribution in [0.25, 0.3) is 0 Å². The van der Waals surface area contributed by atoms with Crippen LogP contribution in [0.15, 0.2) is 24.3 Å². The third kappa shape index (κ3) is 2.63. The zero-order valence-corrected chi connectivity index (χ0v) is 8.41. The molecule has 0 aliphatic heterocycles. The Morgan fingerprint density at radius 1 is 1.12 bits per heavy atom. The summed E-state index contributed by atoms with van der Waals surface area (Å²) in [5, 5.41) is 17.2. The molecule has 6 heteroatoms. The third-order valence-electron chi connectivity index (χ3n) is 1.76. The normalized spacial score (nSPS) is 9.88. The molecule has 0 aromatic heterocycles. The van der Waals surface area contributed by atoms with Gasteiger partial charge in [-0.3, -0.25) is 0 Å². The molecule has 0 unspecified atom stereocenters. The maximum absolute atomic E-state index is 10.6. The van der Waals surface area contributed by atoms with Crippen molar-refractivity contribution in [1.29, 1.82) is 0 Å². The van der Waals surface area contributed by atoms with Crippen LogP contribution in [0, 0.1) is 0 Å². The first-order valence-electron chi connectivity index (χ1n) is 4.31. The van der Waals surface area contributed by atoms with Crippen LogP contribution in [-0.4, -0.2) is 35.4 Å². The highest BCUT2D eigenvalue weighted by molar-refractivity contribution is 5.96. The van der Waals surface area contributed by atoms with Gasteiger partial charge < -0.3 is 19.7 Å². The number of hydrogen-bond donors (Lipinski definition) is 2. The number of ether oxygens (including phenoxy) is 2. The molecule has 0 radical (unpaired) electrons. The van der Waals surface area contributed by atoms with Crippen LogP contribution in [0.4, 0.5) is 0 Å². The van der Waals surface area contributed by atoms with Gasteiger partial charge in [0.2, 0.25) is 0 Å². The molecule has 1 rings (SSSR count). The smallest absolute Gasteiger partial charge is 0.356 e. The summed E-state index contributed by atoms with van der Waals surface area (Å²) in [5.41, 5.74) is 0. The Bertz CT molecular complexity index is 386. The Morgan fingerprint density at radius 3 is 2.06 bits per heavy atom. The predicted octanol–water partition coefficient (Wildman–Crippen LogP) is 0.612. The molecule has 1 aromatic rings. The summed E-state index contributed by atoms with van der Waals surface area (Å²) in [7, 11) is 1.37. The lowest BCUT2D eigenvalue weighted by molar-refractivity contribution is -0.159. The molecule has 0 bridgehead atoms. The van der Waals surface area contributed by atoms with Crippen molar-refractivity contribution < 1.29 is 29.3 Å². The van der Waals surface area contributed by atoms with E-state index in [2.05, 4.69) is 0 Å². The van der Waals surface area contributed by atoms with Gasteiger partial charge in [0.15, 0.2) is 11.5 Å². The van der Waals surface area contributed by atoms with Crippen LogP contribution >= 0.6 is 0 Å². The van der Waals surface area contributed by atoms with Gasteiger partial charge in [0.1, 0.15) is 0 Å². The van der Waals surface area contributed by atoms with Gasteiger partial charge in [-0.25, -0.2) is 9.59 Å². The molecule has 0 heterocycles. The fraction of sp³-hybridized carbons (Fsp3) is 0.200. The number of benzene rings is 1. The zero-order valence-electron chi connectivity index (χ0n) is 8.41. The second-order valence-electron chi connectivity index (χ2n) is 2.83. The van der Waals surface area contributed by atoms with Gasteiger partial charge in [-0.05, 0) is 12.1 Å². The second-order valence-corrected chi connectivity index (χ2v) is 2.83. The highest BCUT2D eigenvalue weighted by atomic mass is 16.6. The van der Waals surface area contributed by atoms with Crippen LogP contribution in [0.1, 0.15) is 0 Å². The zero-order chi connectivity index (χ0) is 12.1. The highest BCUT2D eigenvalue weighted by Crippen LogP contribution is 2.26. The lowest BCUT2D eigenvalue weighted by Crippen LogP contribution is -2.35. The maximum Gasteiger partial charge on any atom is 0.356 e. The Balaban J connectivity index is 2.93. The first-order chi connectivity index (χ1) is 7.56. The molecule has 0 atom stereocenters. The van der Waals surface area contributed by atoms with Crippen molar-refractivity contribution in [1.82, 2.24) is 0 Å². The van der Waals surface area contributed by atoms with Crippen molar-refractivity contribution in [2.75, 3.05) is 7.11 Å². The molecule has 0 amide bonds. The number of hydrogen-bond acceptors (Lipinski definition) is 4. The van der Waals surface area contributed by atoms with Gasteiger partial charge in [0.25, 0.3) is 6.10 Å². The number of methoxy groups -OCH3 is 1. The van der Waals surface area contributed by atoms with Crippen molar-refractivity contribution in [3.63, 3.8) is 0 Å². The van der Waals surface area contributed by atoms with Crippen LogP contribution in [0.2, 0.25) is 0 Å². The number of para-hydroxylation sites is 2. The van der Waals surface area contributed by atoms with Gasteiger partial charge in [0.05, 0.1) is 7.11 Å². The number of carbonyl (C=O) groups is 2. The number of rotatable bonds is 5. The summed E-state index contributed by atoms with van der Waals surface area (Å²) in [5.74, 6) is -2.80. The van der Waals surface area contributed by atoms with E-state index in [0.29, 0.717) is 0 Å². The van der Waals surface area contributed by atoms with Gasteiger partial charge in [-0.2, -0.15) is 0 Å². The summed E-state index contributed by atoms with van der Waals surface area (Å²) >= 11 is 0. The van der Waals surface area contributed by atoms with Crippen molar-refractivity contribution in [2.45, 2.75) is 6.10 Å². The molecular formula is C10H10O6. The summed E-state index contributed by atoms with van der Waals surface area (Å²) < 4.78 is 9.73. The molecule has 86 valence electrons. The van der Waals surface area contributed by atoms with Gasteiger partial charge in [0, 0.05) is 0 Å². The van der Waals surface area contributed by atoms with Crippen molar-refractivity contribution in [3.8, 4) is 11.5 Å². The van der Waals surface area contributed by atoms with Crippen LogP contribution < -0.4 is 9.47 Å². The van der Waals surface area contributed by atoms with Gasteiger partial charge >= 0.3 is 11.9 Å². The molecule has 0 aliphatic rings. The lowest BCUT2D eigenvalue weighted by Gasteiger charge is -2.13. The molecule has 16 heavy (non-hydrogen) atoms. The van der Waals surface area contributed by atoms with Crippen LogP contribution in [-0.2, 0) is 9.59 Å². The summed E-state index contributed by atoms with van der Waals surface area (Å²) in [6.07, 6.45) is -1.95. The van der Waals surface area contributed by atoms with E-state index in [1.165, 1.54) is 19.2 Å². The third-order valence-corrected chi connectivity index (χ3v) is 1.76. The molecule has 0 aliphatic carbocycles. The number of carboxylic acids is 2. The van der Waals surface area contributed by atoms with E-state index in [1.807, 2.05) is 0 Å². The summed E-state index contributed by atoms with van der Waals surface area (Å²) in [6.45, 7) is 0. The molecule has 0 spiro atoms. The van der Waals surface area contributed by atoms with Crippen LogP contribution in [0.5, 0.6) is 11.5 Å². The topological polar surface area (TPSA) is 93.1 Å². The van der Waals surface area contributed by atoms with Crippen molar-refractivity contribution in [2.24, 2.45) is 0 Å². The standard InChI is InChI=1S/C10H10O6/c1-15-6-4-2-3-5-7(6)16-8(9(11)12)10(13)14/h2-5,8H,1H3,(H,11,12)(H,13,14). The molecule has 6 nitrogen and oxygen atoms in total. The average Bonchev–Trinajstić information content (AvgIpc) is 2.25. The molecule has 0 saturated heterocycles. The molecule has 0 saturated carbocycles. The molecule has 0 fully saturated rings. The first-order valence-corrected chi connectivity index (χ1v) is 4.31. The minimum atomic E-state index is -1.95. The Morgan fingerprint density at radius 2 is 1.62 bits per heavy atom. The lowest BCUT2D eigenvalue weighted by atomic mass is 10.3. The second kappa shape index (κ2) is 5.01. The number of carboxylic acid groups (broad SMARTS) is 2. The maximum atomic E-state index is 10.6. The van der Waals surface area contributed by atoms with E-state index in [4.69, 9.17) is 19.7 Å². The highest BCUT2D eigenvalue weighted by Gasteiger charge is 2.28. The fourth-order valence-corrected chi connectivity index (χ4v) is 1.05. The Labute approximate surface area is 91.0 Å². The SMILES string of the molecule is COc1ccccc1OC(C(=O)O)C(=O)O. The average molecular weight is 226 g/mol.